The second-order valence-electron chi connectivity index (χ2n) is 3.94. The van der Waals surface area contributed by atoms with Gasteiger partial charge < -0.3 is 9.84 Å². The maximum absolute atomic E-state index is 10.7. The van der Waals surface area contributed by atoms with Crippen molar-refractivity contribution in [2.45, 2.75) is 6.92 Å². The third-order valence-corrected chi connectivity index (χ3v) is 2.55. The summed E-state index contributed by atoms with van der Waals surface area (Å²) < 4.78 is 5.40. The van der Waals surface area contributed by atoms with Crippen molar-refractivity contribution in [2.24, 2.45) is 0 Å². The minimum atomic E-state index is -1.03. The molecular weight excluding hydrogens is 264 g/mol. The van der Waals surface area contributed by atoms with Crippen LogP contribution in [0.25, 0.3) is 0 Å². The number of aryl methyl sites for hydroxylation is 1. The molecule has 1 N–H and O–H groups in total. The van der Waals surface area contributed by atoms with Crippen molar-refractivity contribution in [3.8, 4) is 11.6 Å². The lowest BCUT2D eigenvalue weighted by atomic mass is 10.2. The number of nitrogens with zero attached hydrogens (tertiary/aromatic N) is 2. The van der Waals surface area contributed by atoms with E-state index in [2.05, 4.69) is 4.98 Å². The fourth-order valence-corrected chi connectivity index (χ4v) is 1.57. The van der Waals surface area contributed by atoms with E-state index in [0.717, 1.165) is 0 Å². The highest BCUT2D eigenvalue weighted by atomic mass is 16.6. The summed E-state index contributed by atoms with van der Waals surface area (Å²) in [6, 6.07) is 8.47. The van der Waals surface area contributed by atoms with Crippen LogP contribution in [-0.2, 0) is 0 Å². The van der Waals surface area contributed by atoms with Gasteiger partial charge in [-0.2, -0.15) is 0 Å². The van der Waals surface area contributed by atoms with Crippen LogP contribution in [0.2, 0.25) is 0 Å². The summed E-state index contributed by atoms with van der Waals surface area (Å²) in [7, 11) is 0. The number of benzene rings is 1. The van der Waals surface area contributed by atoms with Crippen molar-refractivity contribution < 1.29 is 19.6 Å². The van der Waals surface area contributed by atoms with Crippen LogP contribution >= 0.6 is 0 Å². The molecule has 0 radical (unpaired) electrons. The number of carbonyl (C=O) groups is 1. The zero-order valence-electron chi connectivity index (χ0n) is 10.4. The van der Waals surface area contributed by atoms with Gasteiger partial charge in [0.05, 0.1) is 10.5 Å². The molecule has 0 amide bonds. The first-order chi connectivity index (χ1) is 9.47. The molecule has 2 rings (SSSR count). The van der Waals surface area contributed by atoms with Crippen molar-refractivity contribution in [1.82, 2.24) is 4.98 Å². The average Bonchev–Trinajstić information content (AvgIpc) is 2.39. The zero-order valence-corrected chi connectivity index (χ0v) is 10.4. The number of pyridine rings is 1. The Kier molecular flexibility index (Phi) is 3.60. The van der Waals surface area contributed by atoms with Gasteiger partial charge in [-0.15, -0.1) is 0 Å². The van der Waals surface area contributed by atoms with Gasteiger partial charge in [-0.05, 0) is 31.2 Å². The van der Waals surface area contributed by atoms with Crippen LogP contribution in [0.15, 0.2) is 36.4 Å². The van der Waals surface area contributed by atoms with Gasteiger partial charge in [0.2, 0.25) is 5.88 Å². The van der Waals surface area contributed by atoms with Crippen LogP contribution in [0.4, 0.5) is 5.69 Å². The van der Waals surface area contributed by atoms with Gasteiger partial charge in [-0.25, -0.2) is 9.78 Å². The Hall–Kier alpha value is -2.96. The highest BCUT2D eigenvalue weighted by molar-refractivity contribution is 5.87. The van der Waals surface area contributed by atoms with E-state index in [1.807, 2.05) is 0 Å². The number of ether oxygens (including phenoxy) is 1. The van der Waals surface area contributed by atoms with Crippen LogP contribution in [0.5, 0.6) is 11.6 Å². The van der Waals surface area contributed by atoms with E-state index >= 15 is 0 Å². The van der Waals surface area contributed by atoms with Crippen LogP contribution in [0.3, 0.4) is 0 Å². The van der Waals surface area contributed by atoms with Crippen molar-refractivity contribution >= 4 is 11.7 Å². The van der Waals surface area contributed by atoms with E-state index in [1.54, 1.807) is 0 Å². The Morgan fingerprint density at radius 2 is 1.90 bits per heavy atom. The molecule has 7 heteroatoms. The number of aromatic nitrogens is 1. The lowest BCUT2D eigenvalue weighted by Crippen LogP contribution is -1.97. The van der Waals surface area contributed by atoms with Gasteiger partial charge in [-0.3, -0.25) is 10.1 Å². The standard InChI is InChI=1S/C13H10N2O5/c1-8-11(15(18)19)6-7-12(14-8)20-10-4-2-9(3-5-10)13(16)17/h2-7H,1H3,(H,16,17). The third-order valence-electron chi connectivity index (χ3n) is 2.55. The molecule has 20 heavy (non-hydrogen) atoms. The highest BCUT2D eigenvalue weighted by Gasteiger charge is 2.12. The first-order valence-corrected chi connectivity index (χ1v) is 5.60. The molecule has 0 saturated carbocycles. The Morgan fingerprint density at radius 1 is 1.25 bits per heavy atom. The first kappa shape index (κ1) is 13.5. The predicted molar refractivity (Wildman–Crippen MR) is 69.1 cm³/mol. The molecule has 0 unspecified atom stereocenters. The van der Waals surface area contributed by atoms with Gasteiger partial charge >= 0.3 is 5.97 Å². The molecule has 102 valence electrons. The number of rotatable bonds is 4. The van der Waals surface area contributed by atoms with E-state index in [0.29, 0.717) is 5.75 Å². The molecule has 0 spiro atoms. The maximum Gasteiger partial charge on any atom is 0.335 e. The summed E-state index contributed by atoms with van der Waals surface area (Å²) >= 11 is 0. The normalized spacial score (nSPS) is 10.1. The molecule has 0 aliphatic rings. The number of carboxylic acid groups (broad SMARTS) is 1. The fourth-order valence-electron chi connectivity index (χ4n) is 1.57. The zero-order chi connectivity index (χ0) is 14.7. The highest BCUT2D eigenvalue weighted by Crippen LogP contribution is 2.24. The minimum absolute atomic E-state index is 0.0847. The molecule has 1 aromatic carbocycles. The Morgan fingerprint density at radius 3 is 2.40 bits per heavy atom. The van der Waals surface area contributed by atoms with Gasteiger partial charge in [0.25, 0.3) is 5.69 Å². The molecule has 0 fully saturated rings. The average molecular weight is 274 g/mol. The van der Waals surface area contributed by atoms with Crippen LogP contribution in [-0.4, -0.2) is 21.0 Å². The monoisotopic (exact) mass is 274 g/mol. The number of aromatic carboxylic acids is 1. The maximum atomic E-state index is 10.7. The predicted octanol–water partition coefficient (Wildman–Crippen LogP) is 2.79. The number of nitro groups is 1. The molecule has 1 heterocycles. The molecule has 2 aromatic rings. The summed E-state index contributed by atoms with van der Waals surface area (Å²) in [6.07, 6.45) is 0. The van der Waals surface area contributed by atoms with E-state index in [1.165, 1.54) is 43.3 Å². The summed E-state index contributed by atoms with van der Waals surface area (Å²) in [5, 5.41) is 19.4. The Labute approximate surface area is 113 Å². The summed E-state index contributed by atoms with van der Waals surface area (Å²) in [6.45, 7) is 1.51. The van der Waals surface area contributed by atoms with Crippen LogP contribution < -0.4 is 4.74 Å². The number of hydrogen-bond donors (Lipinski definition) is 1. The topological polar surface area (TPSA) is 103 Å². The number of hydrogen-bond acceptors (Lipinski definition) is 5. The third kappa shape index (κ3) is 2.89. The molecular formula is C13H10N2O5. The van der Waals surface area contributed by atoms with Crippen molar-refractivity contribution in [1.29, 1.82) is 0 Å². The van der Waals surface area contributed by atoms with Crippen molar-refractivity contribution in [2.75, 3.05) is 0 Å². The summed E-state index contributed by atoms with van der Waals surface area (Å²) in [5.41, 5.74) is 0.304. The largest absolute Gasteiger partial charge is 0.478 e. The van der Waals surface area contributed by atoms with E-state index < -0.39 is 10.9 Å². The quantitative estimate of drug-likeness (QED) is 0.679. The molecule has 0 saturated heterocycles. The van der Waals surface area contributed by atoms with E-state index in [4.69, 9.17) is 9.84 Å². The van der Waals surface area contributed by atoms with Crippen LogP contribution in [0.1, 0.15) is 16.1 Å². The molecule has 0 atom stereocenters. The summed E-state index contributed by atoms with van der Waals surface area (Å²) in [5.74, 6) is -0.423. The van der Waals surface area contributed by atoms with Gasteiger partial charge in [-0.1, -0.05) is 0 Å². The first-order valence-electron chi connectivity index (χ1n) is 5.60. The second kappa shape index (κ2) is 5.35. The van der Waals surface area contributed by atoms with Gasteiger partial charge in [0.1, 0.15) is 11.4 Å². The molecule has 0 aliphatic carbocycles. The van der Waals surface area contributed by atoms with Crippen molar-refractivity contribution in [3.63, 3.8) is 0 Å². The second-order valence-corrected chi connectivity index (χ2v) is 3.94. The fraction of sp³-hybridized carbons (Fsp3) is 0.0769. The lowest BCUT2D eigenvalue weighted by molar-refractivity contribution is -0.385. The molecule has 7 nitrogen and oxygen atoms in total. The van der Waals surface area contributed by atoms with E-state index in [9.17, 15) is 14.9 Å². The lowest BCUT2D eigenvalue weighted by Gasteiger charge is -2.05. The molecule has 0 aliphatic heterocycles. The van der Waals surface area contributed by atoms with Crippen molar-refractivity contribution in [3.05, 3.63) is 57.8 Å². The minimum Gasteiger partial charge on any atom is -0.478 e. The smallest absolute Gasteiger partial charge is 0.335 e. The number of carboxylic acids is 1. The Bertz CT molecular complexity index is 667. The van der Waals surface area contributed by atoms with E-state index in [-0.39, 0.29) is 22.8 Å². The Balaban J connectivity index is 2.19. The van der Waals surface area contributed by atoms with Gasteiger partial charge in [0.15, 0.2) is 0 Å². The van der Waals surface area contributed by atoms with Crippen LogP contribution in [0, 0.1) is 17.0 Å². The SMILES string of the molecule is Cc1nc(Oc2ccc(C(=O)O)cc2)ccc1[N+](=O)[O-]. The summed E-state index contributed by atoms with van der Waals surface area (Å²) in [4.78, 5) is 24.8. The molecule has 0 bridgehead atoms. The van der Waals surface area contributed by atoms with Gasteiger partial charge in [0, 0.05) is 12.1 Å². The molecule has 1 aromatic heterocycles.